The van der Waals surface area contributed by atoms with E-state index in [1.165, 1.54) is 5.56 Å². The van der Waals surface area contributed by atoms with E-state index in [9.17, 15) is 0 Å². The number of benzene rings is 1. The maximum absolute atomic E-state index is 5.49. The number of ether oxygens (including phenoxy) is 1. The molecule has 1 aromatic heterocycles. The predicted molar refractivity (Wildman–Crippen MR) is 88.9 cm³/mol. The van der Waals surface area contributed by atoms with Crippen LogP contribution in [0.5, 0.6) is 5.75 Å². The fourth-order valence-electron chi connectivity index (χ4n) is 2.94. The molecule has 0 bridgehead atoms. The van der Waals surface area contributed by atoms with Crippen molar-refractivity contribution < 1.29 is 4.74 Å². The van der Waals surface area contributed by atoms with Gasteiger partial charge in [0.1, 0.15) is 11.6 Å². The normalized spacial score (nSPS) is 17.6. The second-order valence-corrected chi connectivity index (χ2v) is 5.78. The number of hydrogen-bond donors (Lipinski definition) is 0. The van der Waals surface area contributed by atoms with Crippen LogP contribution in [-0.4, -0.2) is 44.3 Å². The summed E-state index contributed by atoms with van der Waals surface area (Å²) < 4.78 is 5.49. The van der Waals surface area contributed by atoms with Gasteiger partial charge in [0.2, 0.25) is 5.95 Å². The summed E-state index contributed by atoms with van der Waals surface area (Å²) in [5, 5.41) is 0. The molecular formula is C17H22N4O. The van der Waals surface area contributed by atoms with Gasteiger partial charge in [-0.1, -0.05) is 18.2 Å². The van der Waals surface area contributed by atoms with Gasteiger partial charge in [0.05, 0.1) is 7.11 Å². The fourth-order valence-corrected chi connectivity index (χ4v) is 2.94. The highest BCUT2D eigenvalue weighted by molar-refractivity contribution is 5.45. The SMILES string of the molecule is COc1ccccc1C1CCN(c2nccc(N(C)C)n2)C1. The van der Waals surface area contributed by atoms with E-state index in [0.717, 1.165) is 37.0 Å². The first-order chi connectivity index (χ1) is 10.7. The molecule has 1 aliphatic rings. The highest BCUT2D eigenvalue weighted by Crippen LogP contribution is 2.34. The molecule has 0 aliphatic carbocycles. The third kappa shape index (κ3) is 2.84. The zero-order valence-corrected chi connectivity index (χ0v) is 13.4. The number of aromatic nitrogens is 2. The van der Waals surface area contributed by atoms with Crippen molar-refractivity contribution >= 4 is 11.8 Å². The summed E-state index contributed by atoms with van der Waals surface area (Å²) in [7, 11) is 5.72. The highest BCUT2D eigenvalue weighted by Gasteiger charge is 2.27. The van der Waals surface area contributed by atoms with Crippen molar-refractivity contribution in [2.45, 2.75) is 12.3 Å². The van der Waals surface area contributed by atoms with Crippen LogP contribution in [0.25, 0.3) is 0 Å². The Morgan fingerprint density at radius 3 is 2.82 bits per heavy atom. The molecule has 0 N–H and O–H groups in total. The van der Waals surface area contributed by atoms with Crippen molar-refractivity contribution in [2.75, 3.05) is 44.1 Å². The van der Waals surface area contributed by atoms with Crippen LogP contribution in [0.3, 0.4) is 0 Å². The first-order valence-electron chi connectivity index (χ1n) is 7.57. The number of para-hydroxylation sites is 1. The lowest BCUT2D eigenvalue weighted by molar-refractivity contribution is 0.406. The Morgan fingerprint density at radius 2 is 2.05 bits per heavy atom. The maximum Gasteiger partial charge on any atom is 0.227 e. The Kier molecular flexibility index (Phi) is 4.13. The minimum atomic E-state index is 0.461. The van der Waals surface area contributed by atoms with E-state index in [4.69, 9.17) is 4.74 Å². The van der Waals surface area contributed by atoms with Crippen molar-refractivity contribution in [3.63, 3.8) is 0 Å². The fraction of sp³-hybridized carbons (Fsp3) is 0.412. The monoisotopic (exact) mass is 298 g/mol. The Morgan fingerprint density at radius 1 is 1.23 bits per heavy atom. The lowest BCUT2D eigenvalue weighted by atomic mass is 9.97. The Hall–Kier alpha value is -2.30. The van der Waals surface area contributed by atoms with Crippen LogP contribution in [-0.2, 0) is 0 Å². The molecule has 3 rings (SSSR count). The summed E-state index contributed by atoms with van der Waals surface area (Å²) in [5.41, 5.74) is 1.27. The summed E-state index contributed by atoms with van der Waals surface area (Å²) in [6.07, 6.45) is 2.92. The number of hydrogen-bond acceptors (Lipinski definition) is 5. The maximum atomic E-state index is 5.49. The van der Waals surface area contributed by atoms with Crippen molar-refractivity contribution in [1.29, 1.82) is 0 Å². The molecule has 1 aliphatic heterocycles. The van der Waals surface area contributed by atoms with Crippen LogP contribution in [0.1, 0.15) is 17.9 Å². The molecule has 1 atom stereocenters. The lowest BCUT2D eigenvalue weighted by Crippen LogP contribution is -2.23. The number of anilines is 2. The summed E-state index contributed by atoms with van der Waals surface area (Å²) in [6.45, 7) is 1.90. The standard InChI is InChI=1S/C17H22N4O/c1-20(2)16-8-10-18-17(19-16)21-11-9-13(12-21)14-6-4-5-7-15(14)22-3/h4-8,10,13H,9,11-12H2,1-3H3. The Bertz CT molecular complexity index is 644. The number of rotatable bonds is 4. The van der Waals surface area contributed by atoms with Gasteiger partial charge in [0.25, 0.3) is 0 Å². The first-order valence-corrected chi connectivity index (χ1v) is 7.57. The molecule has 2 heterocycles. The lowest BCUT2D eigenvalue weighted by Gasteiger charge is -2.19. The summed E-state index contributed by atoms with van der Waals surface area (Å²) in [6, 6.07) is 10.2. The van der Waals surface area contributed by atoms with Crippen LogP contribution in [0, 0.1) is 0 Å². The van der Waals surface area contributed by atoms with E-state index in [1.807, 2.05) is 43.4 Å². The van der Waals surface area contributed by atoms with Crippen LogP contribution in [0.2, 0.25) is 0 Å². The van der Waals surface area contributed by atoms with Crippen molar-refractivity contribution in [3.8, 4) is 5.75 Å². The molecule has 1 unspecified atom stereocenters. The molecule has 2 aromatic rings. The quantitative estimate of drug-likeness (QED) is 0.867. The third-order valence-electron chi connectivity index (χ3n) is 4.14. The Balaban J connectivity index is 1.79. The number of nitrogens with zero attached hydrogens (tertiary/aromatic N) is 4. The van der Waals surface area contributed by atoms with Crippen LogP contribution >= 0.6 is 0 Å². The average Bonchev–Trinajstić information content (AvgIpc) is 3.04. The molecule has 0 radical (unpaired) electrons. The Labute approximate surface area is 131 Å². The minimum Gasteiger partial charge on any atom is -0.496 e. The topological polar surface area (TPSA) is 41.5 Å². The minimum absolute atomic E-state index is 0.461. The molecule has 1 saturated heterocycles. The second-order valence-electron chi connectivity index (χ2n) is 5.78. The van der Waals surface area contributed by atoms with Crippen molar-refractivity contribution in [1.82, 2.24) is 9.97 Å². The van der Waals surface area contributed by atoms with Crippen molar-refractivity contribution in [3.05, 3.63) is 42.1 Å². The van der Waals surface area contributed by atoms with Gasteiger partial charge in [-0.3, -0.25) is 0 Å². The van der Waals surface area contributed by atoms with E-state index < -0.39 is 0 Å². The van der Waals surface area contributed by atoms with Crippen LogP contribution in [0.4, 0.5) is 11.8 Å². The van der Waals surface area contributed by atoms with Gasteiger partial charge in [0.15, 0.2) is 0 Å². The molecule has 116 valence electrons. The summed E-state index contributed by atoms with van der Waals surface area (Å²) in [5.74, 6) is 3.18. The van der Waals surface area contributed by atoms with E-state index in [-0.39, 0.29) is 0 Å². The summed E-state index contributed by atoms with van der Waals surface area (Å²) in [4.78, 5) is 13.3. The van der Waals surface area contributed by atoms with E-state index in [1.54, 1.807) is 7.11 Å². The molecule has 1 aromatic carbocycles. The highest BCUT2D eigenvalue weighted by atomic mass is 16.5. The van der Waals surface area contributed by atoms with Crippen LogP contribution in [0.15, 0.2) is 36.5 Å². The van der Waals surface area contributed by atoms with Crippen molar-refractivity contribution in [2.24, 2.45) is 0 Å². The van der Waals surface area contributed by atoms with Gasteiger partial charge in [-0.15, -0.1) is 0 Å². The average molecular weight is 298 g/mol. The zero-order chi connectivity index (χ0) is 15.5. The van der Waals surface area contributed by atoms with E-state index >= 15 is 0 Å². The smallest absolute Gasteiger partial charge is 0.227 e. The zero-order valence-electron chi connectivity index (χ0n) is 13.4. The van der Waals surface area contributed by atoms with Gasteiger partial charge in [-0.05, 0) is 24.1 Å². The summed E-state index contributed by atoms with van der Waals surface area (Å²) >= 11 is 0. The molecule has 5 nitrogen and oxygen atoms in total. The predicted octanol–water partition coefficient (Wildman–Crippen LogP) is 2.55. The molecule has 5 heteroatoms. The van der Waals surface area contributed by atoms with Gasteiger partial charge in [0, 0.05) is 39.3 Å². The first kappa shape index (κ1) is 14.6. The molecule has 0 saturated carbocycles. The van der Waals surface area contributed by atoms with E-state index in [0.29, 0.717) is 5.92 Å². The second kappa shape index (κ2) is 6.22. The van der Waals surface area contributed by atoms with Crippen LogP contribution < -0.4 is 14.5 Å². The van der Waals surface area contributed by atoms with Gasteiger partial charge in [-0.25, -0.2) is 4.98 Å². The molecule has 0 spiro atoms. The van der Waals surface area contributed by atoms with Gasteiger partial charge < -0.3 is 14.5 Å². The molecule has 1 fully saturated rings. The van der Waals surface area contributed by atoms with E-state index in [2.05, 4.69) is 27.0 Å². The molecule has 0 amide bonds. The molecule has 22 heavy (non-hydrogen) atoms. The van der Waals surface area contributed by atoms with Gasteiger partial charge in [-0.2, -0.15) is 4.98 Å². The largest absolute Gasteiger partial charge is 0.496 e. The van der Waals surface area contributed by atoms with Gasteiger partial charge >= 0.3 is 0 Å². The number of methoxy groups -OCH3 is 1. The third-order valence-corrected chi connectivity index (χ3v) is 4.14. The molecular weight excluding hydrogens is 276 g/mol.